The van der Waals surface area contributed by atoms with Gasteiger partial charge in [0.2, 0.25) is 0 Å². The van der Waals surface area contributed by atoms with E-state index in [4.69, 9.17) is 0 Å². The molecule has 0 N–H and O–H groups in total. The predicted molar refractivity (Wildman–Crippen MR) is 87.7 cm³/mol. The molecule has 2 aliphatic heterocycles. The van der Waals surface area contributed by atoms with E-state index in [1.807, 2.05) is 0 Å². The Morgan fingerprint density at radius 2 is 2.04 bits per heavy atom. The molecule has 25 heavy (non-hydrogen) atoms. The minimum absolute atomic E-state index is 0.125. The number of rotatable bonds is 1. The quantitative estimate of drug-likeness (QED) is 0.758. The molecule has 138 valence electrons. The molecule has 1 aromatic heterocycles. The fraction of sp³-hybridized carbons (Fsp3) is 0.625. The van der Waals surface area contributed by atoms with Gasteiger partial charge in [0.25, 0.3) is 5.91 Å². The lowest BCUT2D eigenvalue weighted by Gasteiger charge is -2.42. The molecule has 5 nitrogen and oxygen atoms in total. The van der Waals surface area contributed by atoms with E-state index >= 15 is 0 Å². The molecule has 2 fully saturated rings. The Kier molecular flexibility index (Phi) is 4.55. The minimum Gasteiger partial charge on any atom is -0.332 e. The maximum atomic E-state index is 12.9. The second kappa shape index (κ2) is 6.26. The molecule has 1 spiro atoms. The van der Waals surface area contributed by atoms with Crippen molar-refractivity contribution in [1.82, 2.24) is 9.88 Å². The van der Waals surface area contributed by atoms with Crippen molar-refractivity contribution >= 4 is 15.6 Å². The Labute approximate surface area is 144 Å². The van der Waals surface area contributed by atoms with Crippen LogP contribution in [0, 0.1) is 0 Å². The number of hydrogen-bond donors (Lipinski definition) is 0. The molecule has 0 aromatic carbocycles. The van der Waals surface area contributed by atoms with Gasteiger partial charge in [-0.1, -0.05) is 0 Å². The van der Waals surface area contributed by atoms with Gasteiger partial charge in [0.1, 0.15) is 5.69 Å². The number of carbonyl (C=O) groups excluding carboxylic acids is 1. The van der Waals surface area contributed by atoms with Crippen molar-refractivity contribution in [2.24, 2.45) is 4.36 Å². The van der Waals surface area contributed by atoms with Crippen molar-refractivity contribution in [1.29, 1.82) is 0 Å². The lowest BCUT2D eigenvalue weighted by molar-refractivity contribution is -0.141. The summed E-state index contributed by atoms with van der Waals surface area (Å²) in [6.45, 7) is 0.513. The van der Waals surface area contributed by atoms with Crippen LogP contribution in [0.25, 0.3) is 0 Å². The lowest BCUT2D eigenvalue weighted by atomic mass is 9.92. The molecule has 2 saturated heterocycles. The number of alkyl halides is 3. The first-order valence-corrected chi connectivity index (χ1v) is 10.0. The molecule has 9 heteroatoms. The van der Waals surface area contributed by atoms with Gasteiger partial charge in [-0.25, -0.2) is 8.57 Å². The van der Waals surface area contributed by atoms with Crippen LogP contribution in [0.2, 0.25) is 0 Å². The number of likely N-dealkylation sites (tertiary alicyclic amines) is 1. The molecule has 0 saturated carbocycles. The first-order valence-electron chi connectivity index (χ1n) is 8.15. The van der Waals surface area contributed by atoms with E-state index in [0.29, 0.717) is 18.1 Å². The van der Waals surface area contributed by atoms with Gasteiger partial charge in [-0.3, -0.25) is 9.78 Å². The van der Waals surface area contributed by atoms with E-state index in [2.05, 4.69) is 9.35 Å². The number of hydrogen-bond acceptors (Lipinski definition) is 4. The molecule has 0 radical (unpaired) electrons. The van der Waals surface area contributed by atoms with Gasteiger partial charge in [-0.05, 0) is 37.8 Å². The molecular weight excluding hydrogens is 355 g/mol. The van der Waals surface area contributed by atoms with Crippen LogP contribution in [0.3, 0.4) is 0 Å². The molecule has 1 amide bonds. The number of aromatic nitrogens is 1. The summed E-state index contributed by atoms with van der Waals surface area (Å²) in [4.78, 5) is 17.9. The highest BCUT2D eigenvalue weighted by molar-refractivity contribution is 7.93. The molecule has 0 bridgehead atoms. The van der Waals surface area contributed by atoms with Crippen molar-refractivity contribution in [3.05, 3.63) is 29.6 Å². The summed E-state index contributed by atoms with van der Waals surface area (Å²) < 4.78 is 54.7. The average Bonchev–Trinajstić information content (AvgIpc) is 2.96. The number of carbonyl (C=O) groups is 1. The van der Waals surface area contributed by atoms with Crippen LogP contribution in [0.4, 0.5) is 13.2 Å². The van der Waals surface area contributed by atoms with Crippen molar-refractivity contribution in [3.8, 4) is 0 Å². The summed E-state index contributed by atoms with van der Waals surface area (Å²) in [7, 11) is -0.784. The molecule has 0 aliphatic carbocycles. The monoisotopic (exact) mass is 375 g/mol. The third-order valence-corrected chi connectivity index (χ3v) is 7.66. The third-order valence-electron chi connectivity index (χ3n) is 5.07. The molecule has 2 aliphatic rings. The Hall–Kier alpha value is -1.64. The van der Waals surface area contributed by atoms with Gasteiger partial charge in [-0.15, -0.1) is 0 Å². The van der Waals surface area contributed by atoms with Gasteiger partial charge in [-0.2, -0.15) is 13.2 Å². The van der Waals surface area contributed by atoms with Crippen LogP contribution in [-0.2, 0) is 15.9 Å². The van der Waals surface area contributed by atoms with Crippen LogP contribution in [0.15, 0.2) is 22.7 Å². The second-order valence-corrected chi connectivity index (χ2v) is 9.23. The van der Waals surface area contributed by atoms with Gasteiger partial charge < -0.3 is 4.90 Å². The summed E-state index contributed by atoms with van der Waals surface area (Å²) in [5.74, 6) is 0.532. The number of amides is 1. The maximum absolute atomic E-state index is 12.9. The Morgan fingerprint density at radius 1 is 1.32 bits per heavy atom. The van der Waals surface area contributed by atoms with E-state index in [9.17, 15) is 22.2 Å². The summed E-state index contributed by atoms with van der Waals surface area (Å²) >= 11 is 0. The minimum atomic E-state index is -4.53. The van der Waals surface area contributed by atoms with Crippen molar-refractivity contribution in [2.45, 2.75) is 37.4 Å². The van der Waals surface area contributed by atoms with E-state index < -0.39 is 27.1 Å². The molecule has 2 unspecified atom stereocenters. The highest BCUT2D eigenvalue weighted by atomic mass is 32.2. The van der Waals surface area contributed by atoms with Crippen LogP contribution in [0.1, 0.15) is 41.7 Å². The third kappa shape index (κ3) is 3.38. The lowest BCUT2D eigenvalue weighted by Crippen LogP contribution is -2.54. The topological polar surface area (TPSA) is 62.6 Å². The fourth-order valence-corrected chi connectivity index (χ4v) is 6.19. The summed E-state index contributed by atoms with van der Waals surface area (Å²) in [6.07, 6.45) is -0.543. The highest BCUT2D eigenvalue weighted by Gasteiger charge is 2.47. The Balaban J connectivity index is 1.87. The number of nitrogens with zero attached hydrogens (tertiary/aromatic N) is 3. The van der Waals surface area contributed by atoms with Crippen LogP contribution in [0.5, 0.6) is 0 Å². The first kappa shape index (κ1) is 18.2. The van der Waals surface area contributed by atoms with Crippen molar-refractivity contribution in [2.75, 3.05) is 25.1 Å². The molecule has 1 aromatic rings. The van der Waals surface area contributed by atoms with Gasteiger partial charge in [0, 0.05) is 35.3 Å². The van der Waals surface area contributed by atoms with Crippen LogP contribution in [-0.4, -0.2) is 50.6 Å². The van der Waals surface area contributed by atoms with E-state index in [-0.39, 0.29) is 11.5 Å². The summed E-state index contributed by atoms with van der Waals surface area (Å²) in [5, 5.41) is 0. The number of halogens is 3. The first-order chi connectivity index (χ1) is 11.7. The SMILES string of the molecule is CN=S1(=O)CCCC2(CCCN2C(=O)c2ccc(C(F)(F)F)nc2)C1. The molecular formula is C16H20F3N3O2S. The van der Waals surface area contributed by atoms with Crippen LogP contribution < -0.4 is 0 Å². The van der Waals surface area contributed by atoms with Gasteiger partial charge >= 0.3 is 6.18 Å². The smallest absolute Gasteiger partial charge is 0.332 e. The largest absolute Gasteiger partial charge is 0.433 e. The highest BCUT2D eigenvalue weighted by Crippen LogP contribution is 2.39. The summed E-state index contributed by atoms with van der Waals surface area (Å²) in [6, 6.07) is 1.98. The number of pyridine rings is 1. The molecule has 3 rings (SSSR count). The van der Waals surface area contributed by atoms with Gasteiger partial charge in [0.05, 0.1) is 16.9 Å². The zero-order valence-corrected chi connectivity index (χ0v) is 14.7. The zero-order valence-electron chi connectivity index (χ0n) is 13.9. The summed E-state index contributed by atoms with van der Waals surface area (Å²) in [5.41, 5.74) is -1.40. The Morgan fingerprint density at radius 3 is 2.64 bits per heavy atom. The fourth-order valence-electron chi connectivity index (χ4n) is 3.86. The predicted octanol–water partition coefficient (Wildman–Crippen LogP) is 2.97. The van der Waals surface area contributed by atoms with E-state index in [0.717, 1.165) is 44.0 Å². The second-order valence-electron chi connectivity index (χ2n) is 6.62. The van der Waals surface area contributed by atoms with Crippen molar-refractivity contribution in [3.63, 3.8) is 0 Å². The standard InChI is InChI=1S/C16H20F3N3O2S/c1-20-25(24)9-3-7-15(11-25)6-2-8-22(15)14(23)12-4-5-13(21-10-12)16(17,18)19/h4-5,10H,2-3,6-9,11H2,1H3. The Bertz CT molecular complexity index is 785. The average molecular weight is 375 g/mol. The molecule has 2 atom stereocenters. The van der Waals surface area contributed by atoms with Crippen LogP contribution >= 0.6 is 0 Å². The van der Waals surface area contributed by atoms with Gasteiger partial charge in [0.15, 0.2) is 0 Å². The zero-order chi connectivity index (χ0) is 18.3. The van der Waals surface area contributed by atoms with E-state index in [1.54, 1.807) is 11.9 Å². The van der Waals surface area contributed by atoms with E-state index in [1.165, 1.54) is 0 Å². The maximum Gasteiger partial charge on any atom is 0.433 e. The molecule has 3 heterocycles. The van der Waals surface area contributed by atoms with Crippen molar-refractivity contribution < 1.29 is 22.2 Å². The normalized spacial score (nSPS) is 29.8.